The Labute approximate surface area is 361 Å². The van der Waals surface area contributed by atoms with Crippen molar-refractivity contribution in [1.29, 1.82) is 0 Å². The lowest BCUT2D eigenvalue weighted by atomic mass is 10.1. The van der Waals surface area contributed by atoms with Crippen LogP contribution in [0.2, 0.25) is 0 Å². The van der Waals surface area contributed by atoms with Crippen molar-refractivity contribution in [2.45, 2.75) is 258 Å². The van der Waals surface area contributed by atoms with Gasteiger partial charge < -0.3 is 14.2 Å². The van der Waals surface area contributed by atoms with Crippen molar-refractivity contribution in [1.82, 2.24) is 0 Å². The third-order valence-electron chi connectivity index (χ3n) is 10.8. The van der Waals surface area contributed by atoms with Gasteiger partial charge in [0.15, 0.2) is 6.10 Å². The number of unbranched alkanes of at least 4 members (excludes halogenated alkanes) is 27. The minimum absolute atomic E-state index is 0.0772. The van der Waals surface area contributed by atoms with Crippen LogP contribution >= 0.6 is 0 Å². The molecule has 5 heteroatoms. The second-order valence-electron chi connectivity index (χ2n) is 16.7. The molecule has 0 fully saturated rings. The largest absolute Gasteiger partial charge is 0.462 e. The summed E-state index contributed by atoms with van der Waals surface area (Å²) in [5.74, 6) is -0.415. The number of rotatable bonds is 46. The first-order valence-corrected chi connectivity index (χ1v) is 25.2. The van der Waals surface area contributed by atoms with Crippen molar-refractivity contribution in [3.05, 3.63) is 48.6 Å². The van der Waals surface area contributed by atoms with Crippen LogP contribution in [0.1, 0.15) is 252 Å². The number of carbonyl (C=O) groups is 2. The molecule has 338 valence electrons. The number of allylic oxidation sites excluding steroid dienone is 8. The molecular weight excluding hydrogens is 717 g/mol. The van der Waals surface area contributed by atoms with Gasteiger partial charge in [0, 0.05) is 19.4 Å². The van der Waals surface area contributed by atoms with Gasteiger partial charge >= 0.3 is 11.9 Å². The van der Waals surface area contributed by atoms with Crippen LogP contribution in [0, 0.1) is 0 Å². The maximum atomic E-state index is 12.7. The van der Waals surface area contributed by atoms with E-state index in [0.29, 0.717) is 19.4 Å². The third-order valence-corrected chi connectivity index (χ3v) is 10.8. The Morgan fingerprint density at radius 2 is 0.724 bits per heavy atom. The highest BCUT2D eigenvalue weighted by molar-refractivity contribution is 5.70. The zero-order valence-electron chi connectivity index (χ0n) is 38.8. The summed E-state index contributed by atoms with van der Waals surface area (Å²) in [4.78, 5) is 25.3. The summed E-state index contributed by atoms with van der Waals surface area (Å²) in [6.45, 7) is 7.78. The monoisotopic (exact) mass is 813 g/mol. The van der Waals surface area contributed by atoms with Crippen LogP contribution in [0.25, 0.3) is 0 Å². The summed E-state index contributed by atoms with van der Waals surface area (Å²) in [6, 6.07) is 0. The molecule has 0 aliphatic carbocycles. The predicted octanol–water partition coefficient (Wildman–Crippen LogP) is 16.8. The smallest absolute Gasteiger partial charge is 0.306 e. The second kappa shape index (κ2) is 49.2. The van der Waals surface area contributed by atoms with E-state index in [-0.39, 0.29) is 25.2 Å². The van der Waals surface area contributed by atoms with E-state index in [0.717, 1.165) is 77.0 Å². The molecule has 0 aliphatic heterocycles. The van der Waals surface area contributed by atoms with E-state index >= 15 is 0 Å². The zero-order valence-corrected chi connectivity index (χ0v) is 38.8. The highest BCUT2D eigenvalue weighted by atomic mass is 16.6. The maximum absolute atomic E-state index is 12.7. The molecule has 0 aromatic rings. The van der Waals surface area contributed by atoms with Crippen molar-refractivity contribution in [3.63, 3.8) is 0 Å². The lowest BCUT2D eigenvalue weighted by Crippen LogP contribution is -2.30. The molecule has 0 saturated heterocycles. The Bertz CT molecular complexity index is 966. The molecule has 1 atom stereocenters. The van der Waals surface area contributed by atoms with Gasteiger partial charge in [0.1, 0.15) is 6.61 Å². The van der Waals surface area contributed by atoms with Crippen LogP contribution in [-0.2, 0) is 23.8 Å². The quantitative estimate of drug-likeness (QED) is 0.0348. The second-order valence-corrected chi connectivity index (χ2v) is 16.7. The Hall–Kier alpha value is -2.14. The Morgan fingerprint density at radius 3 is 1.21 bits per heavy atom. The van der Waals surface area contributed by atoms with E-state index in [1.807, 2.05) is 0 Å². The van der Waals surface area contributed by atoms with Gasteiger partial charge in [-0.25, -0.2) is 0 Å². The molecule has 0 radical (unpaired) electrons. The highest BCUT2D eigenvalue weighted by Gasteiger charge is 2.17. The van der Waals surface area contributed by atoms with Gasteiger partial charge in [-0.2, -0.15) is 0 Å². The van der Waals surface area contributed by atoms with Gasteiger partial charge in [0.2, 0.25) is 0 Å². The molecule has 0 bridgehead atoms. The van der Waals surface area contributed by atoms with Crippen LogP contribution in [0.15, 0.2) is 48.6 Å². The van der Waals surface area contributed by atoms with Crippen LogP contribution < -0.4 is 0 Å². The van der Waals surface area contributed by atoms with Crippen LogP contribution in [0.5, 0.6) is 0 Å². The molecule has 1 unspecified atom stereocenters. The van der Waals surface area contributed by atoms with Gasteiger partial charge in [-0.1, -0.05) is 204 Å². The lowest BCUT2D eigenvalue weighted by Gasteiger charge is -2.18. The standard InChI is InChI=1S/C53H96O5/c1-4-7-10-13-16-19-21-23-25-26-27-28-30-31-33-35-37-40-43-46-52(54)57-50-51(49-56-48-45-42-39-18-15-12-9-6-3)58-53(55)47-44-41-38-36-34-32-29-24-22-20-17-14-11-8-5-2/h16,19,23-25,27-29,51H,4-15,17-18,20-22,26,30-50H2,1-3H3/b19-16-,25-23-,28-27-,29-24-. The molecular formula is C53H96O5. The number of hydrogen-bond donors (Lipinski definition) is 0. The molecule has 0 saturated carbocycles. The molecule has 5 nitrogen and oxygen atoms in total. The van der Waals surface area contributed by atoms with Gasteiger partial charge in [0.25, 0.3) is 0 Å². The fraction of sp³-hybridized carbons (Fsp3) is 0.811. The molecule has 0 spiro atoms. The summed E-state index contributed by atoms with van der Waals surface area (Å²) in [5.41, 5.74) is 0. The molecule has 0 aromatic carbocycles. The summed E-state index contributed by atoms with van der Waals surface area (Å²) >= 11 is 0. The molecule has 0 heterocycles. The Morgan fingerprint density at radius 1 is 0.379 bits per heavy atom. The number of hydrogen-bond acceptors (Lipinski definition) is 5. The first-order valence-electron chi connectivity index (χ1n) is 25.2. The number of ether oxygens (including phenoxy) is 3. The summed E-state index contributed by atoms with van der Waals surface area (Å²) in [7, 11) is 0. The Balaban J connectivity index is 4.18. The van der Waals surface area contributed by atoms with Gasteiger partial charge in [-0.05, 0) is 83.5 Å². The number of carbonyl (C=O) groups excluding carboxylic acids is 2. The molecule has 0 aliphatic rings. The van der Waals surface area contributed by atoms with Crippen molar-refractivity contribution in [2.24, 2.45) is 0 Å². The molecule has 0 rings (SSSR count). The maximum Gasteiger partial charge on any atom is 0.306 e. The van der Waals surface area contributed by atoms with E-state index in [9.17, 15) is 9.59 Å². The fourth-order valence-corrected chi connectivity index (χ4v) is 7.04. The average Bonchev–Trinajstić information content (AvgIpc) is 3.22. The van der Waals surface area contributed by atoms with Crippen molar-refractivity contribution in [3.8, 4) is 0 Å². The van der Waals surface area contributed by atoms with E-state index in [1.54, 1.807) is 0 Å². The van der Waals surface area contributed by atoms with Crippen molar-refractivity contribution in [2.75, 3.05) is 19.8 Å². The first-order chi connectivity index (χ1) is 28.6. The van der Waals surface area contributed by atoms with E-state index < -0.39 is 6.10 Å². The van der Waals surface area contributed by atoms with Gasteiger partial charge in [0.05, 0.1) is 6.61 Å². The van der Waals surface area contributed by atoms with Crippen LogP contribution in [0.3, 0.4) is 0 Å². The van der Waals surface area contributed by atoms with Crippen molar-refractivity contribution >= 4 is 11.9 Å². The van der Waals surface area contributed by atoms with E-state index in [4.69, 9.17) is 14.2 Å². The minimum atomic E-state index is -0.541. The normalized spacial score (nSPS) is 12.5. The highest BCUT2D eigenvalue weighted by Crippen LogP contribution is 2.14. The predicted molar refractivity (Wildman–Crippen MR) is 251 cm³/mol. The topological polar surface area (TPSA) is 61.8 Å². The molecule has 0 amide bonds. The van der Waals surface area contributed by atoms with Crippen molar-refractivity contribution < 1.29 is 23.8 Å². The molecule has 58 heavy (non-hydrogen) atoms. The first kappa shape index (κ1) is 55.9. The Kier molecular flexibility index (Phi) is 47.4. The van der Waals surface area contributed by atoms with Gasteiger partial charge in [-0.15, -0.1) is 0 Å². The number of esters is 2. The lowest BCUT2D eigenvalue weighted by molar-refractivity contribution is -0.163. The van der Waals surface area contributed by atoms with Crippen LogP contribution in [-0.4, -0.2) is 37.9 Å². The third kappa shape index (κ3) is 46.5. The van der Waals surface area contributed by atoms with E-state index in [2.05, 4.69) is 69.4 Å². The van der Waals surface area contributed by atoms with E-state index in [1.165, 1.54) is 141 Å². The van der Waals surface area contributed by atoms with Gasteiger partial charge in [-0.3, -0.25) is 9.59 Å². The average molecular weight is 813 g/mol. The zero-order chi connectivity index (χ0) is 42.1. The van der Waals surface area contributed by atoms with Crippen LogP contribution in [0.4, 0.5) is 0 Å². The summed E-state index contributed by atoms with van der Waals surface area (Å²) < 4.78 is 17.3. The fourth-order valence-electron chi connectivity index (χ4n) is 7.04. The summed E-state index contributed by atoms with van der Waals surface area (Å²) in [5, 5.41) is 0. The summed E-state index contributed by atoms with van der Waals surface area (Å²) in [6.07, 6.45) is 59.7. The molecule has 0 N–H and O–H groups in total. The molecule has 0 aromatic heterocycles. The SMILES string of the molecule is CCCCC/C=C\C/C=C\C/C=C\CCCCCCCCC(=O)OCC(COCCCCCCCCCC)OC(=O)CCCCCCC/C=C\CCCCCCCC. The minimum Gasteiger partial charge on any atom is -0.462 e.